The second-order valence-electron chi connectivity index (χ2n) is 4.00. The second kappa shape index (κ2) is 5.74. The van der Waals surface area contributed by atoms with E-state index in [1.54, 1.807) is 6.07 Å². The van der Waals surface area contributed by atoms with Crippen LogP contribution in [0.15, 0.2) is 12.3 Å². The van der Waals surface area contributed by atoms with Gasteiger partial charge in [-0.15, -0.1) is 0 Å². The first kappa shape index (κ1) is 12.7. The number of nitrogens with zero attached hydrogens (tertiary/aromatic N) is 3. The molecule has 2 heterocycles. The van der Waals surface area contributed by atoms with Crippen molar-refractivity contribution in [3.05, 3.63) is 23.5 Å². The van der Waals surface area contributed by atoms with E-state index in [0.29, 0.717) is 25.4 Å². The zero-order valence-electron chi connectivity index (χ0n) is 9.77. The van der Waals surface area contributed by atoms with Crippen LogP contribution in [0, 0.1) is 11.3 Å². The van der Waals surface area contributed by atoms with E-state index >= 15 is 0 Å². The normalized spacial score (nSPS) is 16.4. The molecule has 0 bridgehead atoms. The third-order valence-corrected chi connectivity index (χ3v) is 2.83. The third kappa shape index (κ3) is 2.74. The number of aromatic nitrogens is 1. The number of alkyl halides is 2. The van der Waals surface area contributed by atoms with Gasteiger partial charge in [0.15, 0.2) is 0 Å². The van der Waals surface area contributed by atoms with Gasteiger partial charge in [0.05, 0.1) is 24.1 Å². The highest BCUT2D eigenvalue weighted by atomic mass is 19.3. The van der Waals surface area contributed by atoms with Crippen LogP contribution in [0.2, 0.25) is 0 Å². The van der Waals surface area contributed by atoms with Gasteiger partial charge in [0.1, 0.15) is 11.8 Å². The quantitative estimate of drug-likeness (QED) is 0.810. The summed E-state index contributed by atoms with van der Waals surface area (Å²) in [5, 5.41) is 8.73. The molecule has 2 rings (SSSR count). The average molecular weight is 253 g/mol. The fraction of sp³-hybridized carbons (Fsp3) is 0.500. The van der Waals surface area contributed by atoms with Crippen molar-refractivity contribution in [3.8, 4) is 6.07 Å². The molecule has 0 amide bonds. The first-order valence-electron chi connectivity index (χ1n) is 5.73. The third-order valence-electron chi connectivity index (χ3n) is 2.83. The SMILES string of the molecule is N#Cc1ncc(N2CCCOCC2)cc1C(F)F. The van der Waals surface area contributed by atoms with E-state index in [2.05, 4.69) is 4.98 Å². The van der Waals surface area contributed by atoms with Crippen molar-refractivity contribution < 1.29 is 13.5 Å². The predicted molar refractivity (Wildman–Crippen MR) is 61.6 cm³/mol. The lowest BCUT2D eigenvalue weighted by Gasteiger charge is -2.22. The van der Waals surface area contributed by atoms with Crippen molar-refractivity contribution in [3.63, 3.8) is 0 Å². The molecule has 0 saturated carbocycles. The van der Waals surface area contributed by atoms with Crippen molar-refractivity contribution in [2.75, 3.05) is 31.2 Å². The second-order valence-corrected chi connectivity index (χ2v) is 4.00. The molecular weight excluding hydrogens is 240 g/mol. The fourth-order valence-corrected chi connectivity index (χ4v) is 1.91. The van der Waals surface area contributed by atoms with Crippen LogP contribution in [-0.2, 0) is 4.74 Å². The Balaban J connectivity index is 2.28. The minimum Gasteiger partial charge on any atom is -0.380 e. The smallest absolute Gasteiger partial charge is 0.266 e. The maximum atomic E-state index is 12.8. The molecule has 1 aliphatic heterocycles. The average Bonchev–Trinajstić information content (AvgIpc) is 2.66. The number of anilines is 1. The van der Waals surface area contributed by atoms with Gasteiger partial charge in [-0.05, 0) is 12.5 Å². The van der Waals surface area contributed by atoms with Crippen molar-refractivity contribution in [1.82, 2.24) is 4.98 Å². The van der Waals surface area contributed by atoms with Gasteiger partial charge >= 0.3 is 0 Å². The molecule has 1 fully saturated rings. The number of halogens is 2. The number of hydrogen-bond donors (Lipinski definition) is 0. The van der Waals surface area contributed by atoms with E-state index in [1.807, 2.05) is 4.90 Å². The Bertz CT molecular complexity index is 451. The van der Waals surface area contributed by atoms with Gasteiger partial charge in [0.2, 0.25) is 0 Å². The Morgan fingerprint density at radius 1 is 1.39 bits per heavy atom. The Labute approximate surface area is 104 Å². The van der Waals surface area contributed by atoms with Crippen molar-refractivity contribution >= 4 is 5.69 Å². The van der Waals surface area contributed by atoms with Crippen LogP contribution in [0.4, 0.5) is 14.5 Å². The van der Waals surface area contributed by atoms with Gasteiger partial charge in [-0.2, -0.15) is 5.26 Å². The molecular formula is C12H13F2N3O. The van der Waals surface area contributed by atoms with Crippen molar-refractivity contribution in [1.29, 1.82) is 5.26 Å². The molecule has 0 aromatic carbocycles. The van der Waals surface area contributed by atoms with E-state index in [4.69, 9.17) is 10.00 Å². The highest BCUT2D eigenvalue weighted by Gasteiger charge is 2.18. The predicted octanol–water partition coefficient (Wildman–Crippen LogP) is 2.12. The topological polar surface area (TPSA) is 49.2 Å². The molecule has 0 aliphatic carbocycles. The monoisotopic (exact) mass is 253 g/mol. The van der Waals surface area contributed by atoms with Crippen LogP contribution >= 0.6 is 0 Å². The van der Waals surface area contributed by atoms with Crippen molar-refractivity contribution in [2.45, 2.75) is 12.8 Å². The zero-order valence-corrected chi connectivity index (χ0v) is 9.77. The highest BCUT2D eigenvalue weighted by molar-refractivity contribution is 5.50. The molecule has 0 N–H and O–H groups in total. The van der Waals surface area contributed by atoms with E-state index in [0.717, 1.165) is 13.0 Å². The Morgan fingerprint density at radius 3 is 2.94 bits per heavy atom. The summed E-state index contributed by atoms with van der Waals surface area (Å²) < 4.78 is 30.9. The van der Waals surface area contributed by atoms with Gasteiger partial charge in [-0.3, -0.25) is 0 Å². The summed E-state index contributed by atoms with van der Waals surface area (Å²) in [6, 6.07) is 3.03. The first-order valence-corrected chi connectivity index (χ1v) is 5.73. The highest BCUT2D eigenvalue weighted by Crippen LogP contribution is 2.26. The van der Waals surface area contributed by atoms with E-state index < -0.39 is 6.43 Å². The van der Waals surface area contributed by atoms with Gasteiger partial charge in [-0.1, -0.05) is 0 Å². The van der Waals surface area contributed by atoms with Crippen LogP contribution in [0.3, 0.4) is 0 Å². The van der Waals surface area contributed by atoms with Gasteiger partial charge < -0.3 is 9.64 Å². The lowest BCUT2D eigenvalue weighted by Crippen LogP contribution is -2.26. The molecule has 1 saturated heterocycles. The zero-order chi connectivity index (χ0) is 13.0. The summed E-state index contributed by atoms with van der Waals surface area (Å²) in [5.74, 6) is 0. The van der Waals surface area contributed by atoms with E-state index in [9.17, 15) is 8.78 Å². The summed E-state index contributed by atoms with van der Waals surface area (Å²) in [5.41, 5.74) is 0.106. The molecule has 0 radical (unpaired) electrons. The molecule has 4 nitrogen and oxygen atoms in total. The van der Waals surface area contributed by atoms with Crippen molar-refractivity contribution in [2.24, 2.45) is 0 Å². The number of rotatable bonds is 2. The number of hydrogen-bond acceptors (Lipinski definition) is 4. The first-order chi connectivity index (χ1) is 8.72. The lowest BCUT2D eigenvalue weighted by molar-refractivity contribution is 0.150. The maximum absolute atomic E-state index is 12.8. The molecule has 0 unspecified atom stereocenters. The lowest BCUT2D eigenvalue weighted by atomic mass is 10.2. The van der Waals surface area contributed by atoms with Gasteiger partial charge in [-0.25, -0.2) is 13.8 Å². The summed E-state index contributed by atoms with van der Waals surface area (Å²) >= 11 is 0. The molecule has 96 valence electrons. The number of pyridine rings is 1. The van der Waals surface area contributed by atoms with E-state index in [1.165, 1.54) is 12.3 Å². The van der Waals surface area contributed by atoms with Crippen LogP contribution in [0.25, 0.3) is 0 Å². The van der Waals surface area contributed by atoms with Crippen LogP contribution < -0.4 is 4.90 Å². The Kier molecular flexibility index (Phi) is 4.05. The largest absolute Gasteiger partial charge is 0.380 e. The molecule has 0 spiro atoms. The fourth-order valence-electron chi connectivity index (χ4n) is 1.91. The van der Waals surface area contributed by atoms with Crippen LogP contribution in [0.1, 0.15) is 24.1 Å². The Hall–Kier alpha value is -1.74. The van der Waals surface area contributed by atoms with E-state index in [-0.39, 0.29) is 11.3 Å². The maximum Gasteiger partial charge on any atom is 0.266 e. The molecule has 1 aromatic rings. The molecule has 0 atom stereocenters. The summed E-state index contributed by atoms with van der Waals surface area (Å²) in [6.45, 7) is 2.65. The minimum absolute atomic E-state index is 0.208. The molecule has 18 heavy (non-hydrogen) atoms. The van der Waals surface area contributed by atoms with Crippen LogP contribution in [-0.4, -0.2) is 31.3 Å². The Morgan fingerprint density at radius 2 is 2.22 bits per heavy atom. The summed E-state index contributed by atoms with van der Waals surface area (Å²) in [4.78, 5) is 5.75. The standard InChI is InChI=1S/C12H13F2N3O/c13-12(14)10-6-9(8-16-11(10)7-15)17-2-1-4-18-5-3-17/h6,8,12H,1-5H2. The number of nitriles is 1. The summed E-state index contributed by atoms with van der Waals surface area (Å²) in [6.07, 6.45) is -0.366. The molecule has 1 aromatic heterocycles. The summed E-state index contributed by atoms with van der Waals surface area (Å²) in [7, 11) is 0. The number of ether oxygens (including phenoxy) is 1. The van der Waals surface area contributed by atoms with Gasteiger partial charge in [0.25, 0.3) is 6.43 Å². The van der Waals surface area contributed by atoms with Crippen LogP contribution in [0.5, 0.6) is 0 Å². The molecule has 6 heteroatoms. The van der Waals surface area contributed by atoms with Gasteiger partial charge in [0, 0.05) is 19.7 Å². The minimum atomic E-state index is -2.68. The molecule has 1 aliphatic rings.